The average molecular weight is 445 g/mol. The van der Waals surface area contributed by atoms with Crippen molar-refractivity contribution < 1.29 is 18.4 Å². The maximum atomic E-state index is 12.8. The van der Waals surface area contributed by atoms with Gasteiger partial charge in [-0.15, -0.1) is 0 Å². The summed E-state index contributed by atoms with van der Waals surface area (Å²) in [5, 5.41) is 7.70. The van der Waals surface area contributed by atoms with Crippen LogP contribution >= 0.6 is 0 Å². The fourth-order valence-electron chi connectivity index (χ4n) is 3.32. The summed E-state index contributed by atoms with van der Waals surface area (Å²) in [7, 11) is 0.176. The van der Waals surface area contributed by atoms with Crippen molar-refractivity contribution in [2.45, 2.75) is 18.2 Å². The zero-order valence-corrected chi connectivity index (χ0v) is 18.3. The lowest BCUT2D eigenvalue weighted by Gasteiger charge is -2.14. The van der Waals surface area contributed by atoms with Crippen molar-refractivity contribution in [3.63, 3.8) is 0 Å². The van der Waals surface area contributed by atoms with E-state index in [0.29, 0.717) is 10.9 Å². The Morgan fingerprint density at radius 2 is 1.81 bits per heavy atom. The summed E-state index contributed by atoms with van der Waals surface area (Å²) in [6, 6.07) is 13.3. The van der Waals surface area contributed by atoms with Gasteiger partial charge in [-0.3, -0.25) is 19.4 Å². The molecule has 0 saturated carbocycles. The van der Waals surface area contributed by atoms with E-state index in [1.54, 1.807) is 6.07 Å². The lowest BCUT2D eigenvalue weighted by molar-refractivity contribution is -0.128. The van der Waals surface area contributed by atoms with E-state index in [2.05, 4.69) is 4.98 Å². The number of fused-ring (bicyclic) bond motifs is 1. The first kappa shape index (κ1) is 22.4. The molecular weight excluding hydrogens is 420 g/mol. The van der Waals surface area contributed by atoms with Crippen molar-refractivity contribution >= 4 is 32.3 Å². The minimum absolute atomic E-state index is 0.0410. The van der Waals surface area contributed by atoms with Gasteiger partial charge < -0.3 is 4.90 Å². The van der Waals surface area contributed by atoms with Crippen molar-refractivity contribution in [2.75, 3.05) is 25.3 Å². The molecule has 1 unspecified atom stereocenters. The van der Waals surface area contributed by atoms with Gasteiger partial charge in [0.05, 0.1) is 17.2 Å². The summed E-state index contributed by atoms with van der Waals surface area (Å²) < 4.78 is 24.9. The number of amides is 1. The largest absolute Gasteiger partial charge is 0.378 e. The standard InChI is InChI=1S/C21H24N4O5S/c1-24(2)16-7-4-14(5-8-16)15-6-9-17-18(12-15)22-13-25(21(17)27)11-10-19(20(26)23-28)31(3,29)30/h4-9,12-13,19,28H,10-11H2,1-3H3,(H,23,26). The first-order valence-corrected chi connectivity index (χ1v) is 11.5. The molecule has 0 aliphatic heterocycles. The van der Waals surface area contributed by atoms with Crippen molar-refractivity contribution in [3.05, 3.63) is 59.1 Å². The van der Waals surface area contributed by atoms with Gasteiger partial charge in [0, 0.05) is 32.6 Å². The summed E-state index contributed by atoms with van der Waals surface area (Å²) >= 11 is 0. The smallest absolute Gasteiger partial charge is 0.261 e. The Kier molecular flexibility index (Phi) is 6.42. The molecule has 0 bridgehead atoms. The molecule has 3 rings (SSSR count). The lowest BCUT2D eigenvalue weighted by atomic mass is 10.0. The van der Waals surface area contributed by atoms with E-state index in [0.717, 1.165) is 23.1 Å². The van der Waals surface area contributed by atoms with Gasteiger partial charge in [-0.05, 0) is 41.8 Å². The van der Waals surface area contributed by atoms with Gasteiger partial charge in [-0.1, -0.05) is 18.2 Å². The van der Waals surface area contributed by atoms with Crippen LogP contribution in [0.4, 0.5) is 5.69 Å². The highest BCUT2D eigenvalue weighted by molar-refractivity contribution is 7.92. The number of hydrogen-bond acceptors (Lipinski definition) is 7. The molecule has 2 N–H and O–H groups in total. The molecule has 0 fully saturated rings. The summed E-state index contributed by atoms with van der Waals surface area (Å²) in [5.41, 5.74) is 4.52. The molecule has 1 heterocycles. The van der Waals surface area contributed by atoms with Crippen molar-refractivity contribution in [3.8, 4) is 11.1 Å². The molecule has 0 radical (unpaired) electrons. The fourth-order valence-corrected chi connectivity index (χ4v) is 4.29. The summed E-state index contributed by atoms with van der Waals surface area (Å²) in [5.74, 6) is -1.03. The highest BCUT2D eigenvalue weighted by Gasteiger charge is 2.28. The van der Waals surface area contributed by atoms with E-state index in [-0.39, 0.29) is 18.5 Å². The van der Waals surface area contributed by atoms with Crippen LogP contribution in [0, 0.1) is 0 Å². The molecule has 0 saturated heterocycles. The number of rotatable bonds is 7. The van der Waals surface area contributed by atoms with Crippen LogP contribution in [-0.2, 0) is 21.2 Å². The predicted octanol–water partition coefficient (Wildman–Crippen LogP) is 1.44. The van der Waals surface area contributed by atoms with Gasteiger partial charge in [-0.25, -0.2) is 18.9 Å². The van der Waals surface area contributed by atoms with Crippen LogP contribution in [0.15, 0.2) is 53.6 Å². The van der Waals surface area contributed by atoms with Crippen LogP contribution in [0.1, 0.15) is 6.42 Å². The molecule has 31 heavy (non-hydrogen) atoms. The number of carbonyl (C=O) groups is 1. The number of hydroxylamine groups is 1. The Morgan fingerprint density at radius 1 is 1.16 bits per heavy atom. The van der Waals surface area contributed by atoms with Crippen molar-refractivity contribution in [1.29, 1.82) is 0 Å². The Balaban J connectivity index is 1.88. The minimum Gasteiger partial charge on any atom is -0.378 e. The maximum absolute atomic E-state index is 12.8. The van der Waals surface area contributed by atoms with E-state index in [9.17, 15) is 18.0 Å². The number of aromatic nitrogens is 2. The molecule has 0 aliphatic rings. The fraction of sp³-hybridized carbons (Fsp3) is 0.286. The van der Waals surface area contributed by atoms with Crippen LogP contribution in [-0.4, -0.2) is 54.7 Å². The van der Waals surface area contributed by atoms with Gasteiger partial charge in [-0.2, -0.15) is 0 Å². The van der Waals surface area contributed by atoms with Gasteiger partial charge in [0.1, 0.15) is 5.25 Å². The highest BCUT2D eigenvalue weighted by atomic mass is 32.2. The molecule has 10 heteroatoms. The Hall–Kier alpha value is -3.24. The maximum Gasteiger partial charge on any atom is 0.261 e. The molecule has 1 amide bonds. The number of sulfone groups is 1. The zero-order valence-electron chi connectivity index (χ0n) is 17.4. The van der Waals surface area contributed by atoms with Gasteiger partial charge >= 0.3 is 0 Å². The molecule has 2 aromatic carbocycles. The van der Waals surface area contributed by atoms with Crippen molar-refractivity contribution in [1.82, 2.24) is 15.0 Å². The molecule has 0 aliphatic carbocycles. The van der Waals surface area contributed by atoms with E-state index >= 15 is 0 Å². The van der Waals surface area contributed by atoms with Crippen LogP contribution < -0.4 is 15.9 Å². The second-order valence-electron chi connectivity index (χ2n) is 7.50. The quantitative estimate of drug-likeness (QED) is 0.418. The van der Waals surface area contributed by atoms with Crippen molar-refractivity contribution in [2.24, 2.45) is 0 Å². The lowest BCUT2D eigenvalue weighted by Crippen LogP contribution is -2.39. The van der Waals surface area contributed by atoms with Crippen LogP contribution in [0.25, 0.3) is 22.0 Å². The number of hydrogen-bond donors (Lipinski definition) is 2. The average Bonchev–Trinajstić information content (AvgIpc) is 2.74. The Labute approximate surface area is 179 Å². The SMILES string of the molecule is CN(C)c1ccc(-c2ccc3c(=O)n(CCC(C(=O)NO)S(C)(=O)=O)cnc3c2)cc1. The summed E-state index contributed by atoms with van der Waals surface area (Å²) in [6.07, 6.45) is 2.06. The molecule has 1 aromatic heterocycles. The Bertz CT molecular complexity index is 1270. The summed E-state index contributed by atoms with van der Waals surface area (Å²) in [6.45, 7) is -0.0410. The molecule has 0 spiro atoms. The third kappa shape index (κ3) is 4.92. The third-order valence-corrected chi connectivity index (χ3v) is 6.58. The first-order chi connectivity index (χ1) is 14.6. The first-order valence-electron chi connectivity index (χ1n) is 9.51. The topological polar surface area (TPSA) is 122 Å². The van der Waals surface area contributed by atoms with Crippen LogP contribution in [0.2, 0.25) is 0 Å². The number of nitrogens with one attached hydrogen (secondary N) is 1. The van der Waals surface area contributed by atoms with Gasteiger partial charge in [0.15, 0.2) is 9.84 Å². The zero-order chi connectivity index (χ0) is 22.8. The molecule has 1 atom stereocenters. The van der Waals surface area contributed by atoms with E-state index < -0.39 is 21.0 Å². The highest BCUT2D eigenvalue weighted by Crippen LogP contribution is 2.24. The second-order valence-corrected chi connectivity index (χ2v) is 9.73. The Morgan fingerprint density at radius 3 is 2.39 bits per heavy atom. The van der Waals surface area contributed by atoms with Crippen LogP contribution in [0.3, 0.4) is 0 Å². The van der Waals surface area contributed by atoms with E-state index in [1.165, 1.54) is 16.4 Å². The van der Waals surface area contributed by atoms with Gasteiger partial charge in [0.2, 0.25) is 0 Å². The van der Waals surface area contributed by atoms with E-state index in [4.69, 9.17) is 5.21 Å². The molecular formula is C21H24N4O5S. The molecule has 3 aromatic rings. The third-order valence-electron chi connectivity index (χ3n) is 5.09. The predicted molar refractivity (Wildman–Crippen MR) is 119 cm³/mol. The number of anilines is 1. The number of benzene rings is 2. The molecule has 164 valence electrons. The number of carbonyl (C=O) groups excluding carboxylic acids is 1. The molecule has 9 nitrogen and oxygen atoms in total. The summed E-state index contributed by atoms with van der Waals surface area (Å²) in [4.78, 5) is 30.8. The van der Waals surface area contributed by atoms with E-state index in [1.807, 2.05) is 55.4 Å². The second kappa shape index (κ2) is 8.86. The van der Waals surface area contributed by atoms with Gasteiger partial charge in [0.25, 0.3) is 11.5 Å². The number of aryl methyl sites for hydroxylation is 1. The normalized spacial score (nSPS) is 12.5. The number of nitrogens with zero attached hydrogens (tertiary/aromatic N) is 3. The van der Waals surface area contributed by atoms with Crippen LogP contribution in [0.5, 0.6) is 0 Å². The minimum atomic E-state index is -3.76. The monoisotopic (exact) mass is 444 g/mol.